The van der Waals surface area contributed by atoms with Crippen molar-refractivity contribution in [3.05, 3.63) is 63.9 Å². The second-order valence-electron chi connectivity index (χ2n) is 7.48. The lowest BCUT2D eigenvalue weighted by atomic mass is 10.1. The fourth-order valence-corrected chi connectivity index (χ4v) is 4.16. The molecule has 0 aliphatic heterocycles. The van der Waals surface area contributed by atoms with E-state index in [1.165, 1.54) is 11.0 Å². The fraction of sp³-hybridized carbons (Fsp3) is 0.364. The van der Waals surface area contributed by atoms with E-state index in [-0.39, 0.29) is 23.2 Å². The number of nitrogens with zero attached hydrogens (tertiary/aromatic N) is 2. The summed E-state index contributed by atoms with van der Waals surface area (Å²) in [7, 11) is -3.93. The Morgan fingerprint density at radius 1 is 1.12 bits per heavy atom. The number of nitrogens with one attached hydrogen (secondary N) is 1. The highest BCUT2D eigenvalue weighted by Gasteiger charge is 2.30. The SMILES string of the molecule is CCCNC(=O)[C@@H](C)N(Cc1ccc(Cl)cc1)C(=O)CN(c1ccc(F)c(Cl)c1)S(C)(=O)=O. The summed E-state index contributed by atoms with van der Waals surface area (Å²) in [6.07, 6.45) is 1.65. The van der Waals surface area contributed by atoms with E-state index in [1.807, 2.05) is 6.92 Å². The number of rotatable bonds is 10. The first kappa shape index (κ1) is 26.9. The number of sulfonamides is 1. The summed E-state index contributed by atoms with van der Waals surface area (Å²) in [6.45, 7) is 3.37. The first-order valence-corrected chi connectivity index (χ1v) is 12.8. The van der Waals surface area contributed by atoms with Crippen LogP contribution in [0.15, 0.2) is 42.5 Å². The van der Waals surface area contributed by atoms with Crippen molar-refractivity contribution in [2.75, 3.05) is 23.7 Å². The molecule has 0 radical (unpaired) electrons. The summed E-state index contributed by atoms with van der Waals surface area (Å²) in [6, 6.07) is 9.24. The molecule has 0 bridgehead atoms. The number of carbonyl (C=O) groups excluding carboxylic acids is 2. The van der Waals surface area contributed by atoms with Gasteiger partial charge in [0.2, 0.25) is 21.8 Å². The lowest BCUT2D eigenvalue weighted by Crippen LogP contribution is -2.51. The Hall–Kier alpha value is -2.36. The second-order valence-corrected chi connectivity index (χ2v) is 10.2. The minimum absolute atomic E-state index is 0.0341. The standard InChI is InChI=1S/C22H26Cl2FN3O4S/c1-4-11-26-22(30)15(2)27(13-16-5-7-17(23)8-6-16)21(29)14-28(33(3,31)32)18-9-10-20(25)19(24)12-18/h5-10,12,15H,4,11,13-14H2,1-3H3,(H,26,30)/t15-/m1/s1. The number of anilines is 1. The van der Waals surface area contributed by atoms with Gasteiger partial charge in [-0.3, -0.25) is 13.9 Å². The molecule has 0 aliphatic rings. The van der Waals surface area contributed by atoms with E-state index >= 15 is 0 Å². The van der Waals surface area contributed by atoms with E-state index in [9.17, 15) is 22.4 Å². The molecule has 2 rings (SSSR count). The molecule has 0 aliphatic carbocycles. The van der Waals surface area contributed by atoms with Gasteiger partial charge in [0, 0.05) is 18.1 Å². The maximum absolute atomic E-state index is 13.6. The van der Waals surface area contributed by atoms with Crippen molar-refractivity contribution < 1.29 is 22.4 Å². The van der Waals surface area contributed by atoms with Crippen LogP contribution in [0.1, 0.15) is 25.8 Å². The van der Waals surface area contributed by atoms with Gasteiger partial charge in [0.15, 0.2) is 0 Å². The van der Waals surface area contributed by atoms with E-state index in [4.69, 9.17) is 23.2 Å². The molecule has 0 saturated heterocycles. The molecule has 0 saturated carbocycles. The second kappa shape index (κ2) is 11.7. The van der Waals surface area contributed by atoms with Crippen LogP contribution in [0.4, 0.5) is 10.1 Å². The minimum atomic E-state index is -3.93. The molecule has 0 heterocycles. The Morgan fingerprint density at radius 3 is 2.30 bits per heavy atom. The largest absolute Gasteiger partial charge is 0.354 e. The van der Waals surface area contributed by atoms with Crippen LogP contribution in [0.5, 0.6) is 0 Å². The molecule has 180 valence electrons. The lowest BCUT2D eigenvalue weighted by Gasteiger charge is -2.31. The third-order valence-corrected chi connectivity index (χ3v) is 6.54. The van der Waals surface area contributed by atoms with Crippen LogP contribution in [-0.4, -0.2) is 50.5 Å². The van der Waals surface area contributed by atoms with Gasteiger partial charge in [-0.2, -0.15) is 0 Å². The molecule has 1 N–H and O–H groups in total. The monoisotopic (exact) mass is 517 g/mol. The summed E-state index contributed by atoms with van der Waals surface area (Å²) in [5.74, 6) is -1.70. The van der Waals surface area contributed by atoms with Crippen molar-refractivity contribution in [1.29, 1.82) is 0 Å². The number of carbonyl (C=O) groups is 2. The summed E-state index contributed by atoms with van der Waals surface area (Å²) >= 11 is 11.7. The van der Waals surface area contributed by atoms with Gasteiger partial charge in [-0.05, 0) is 49.2 Å². The number of hydrogen-bond acceptors (Lipinski definition) is 4. The highest BCUT2D eigenvalue weighted by Crippen LogP contribution is 2.25. The first-order chi connectivity index (χ1) is 15.4. The normalized spacial score (nSPS) is 12.2. The molecule has 0 unspecified atom stereocenters. The van der Waals surface area contributed by atoms with Gasteiger partial charge in [-0.15, -0.1) is 0 Å². The third kappa shape index (κ3) is 7.58. The quantitative estimate of drug-likeness (QED) is 0.518. The highest BCUT2D eigenvalue weighted by atomic mass is 35.5. The van der Waals surface area contributed by atoms with Crippen molar-refractivity contribution >= 4 is 50.7 Å². The summed E-state index contributed by atoms with van der Waals surface area (Å²) in [5, 5.41) is 2.98. The number of halogens is 3. The zero-order chi connectivity index (χ0) is 24.8. The van der Waals surface area contributed by atoms with Crippen LogP contribution in [0.25, 0.3) is 0 Å². The molecule has 2 aromatic rings. The van der Waals surface area contributed by atoms with Crippen molar-refractivity contribution in [1.82, 2.24) is 10.2 Å². The highest BCUT2D eigenvalue weighted by molar-refractivity contribution is 7.92. The molecule has 2 aromatic carbocycles. The molecule has 0 fully saturated rings. The van der Waals surface area contributed by atoms with Crippen LogP contribution >= 0.6 is 23.2 Å². The van der Waals surface area contributed by atoms with Crippen molar-refractivity contribution in [2.45, 2.75) is 32.9 Å². The predicted molar refractivity (Wildman–Crippen MR) is 128 cm³/mol. The smallest absolute Gasteiger partial charge is 0.244 e. The number of amides is 2. The first-order valence-electron chi connectivity index (χ1n) is 10.2. The van der Waals surface area contributed by atoms with Crippen LogP contribution in [-0.2, 0) is 26.2 Å². The summed E-state index contributed by atoms with van der Waals surface area (Å²) in [5.41, 5.74) is 0.741. The van der Waals surface area contributed by atoms with Gasteiger partial charge in [0.1, 0.15) is 18.4 Å². The molecule has 7 nitrogen and oxygen atoms in total. The van der Waals surface area contributed by atoms with Crippen LogP contribution in [0.3, 0.4) is 0 Å². The molecule has 1 atom stereocenters. The Morgan fingerprint density at radius 2 is 1.76 bits per heavy atom. The number of benzene rings is 2. The average molecular weight is 518 g/mol. The molecule has 2 amide bonds. The molecule has 33 heavy (non-hydrogen) atoms. The lowest BCUT2D eigenvalue weighted by molar-refractivity contribution is -0.139. The van der Waals surface area contributed by atoms with Crippen molar-refractivity contribution in [3.8, 4) is 0 Å². The molecular weight excluding hydrogens is 492 g/mol. The van der Waals surface area contributed by atoms with Gasteiger partial charge in [-0.25, -0.2) is 12.8 Å². The molecular formula is C22H26Cl2FN3O4S. The minimum Gasteiger partial charge on any atom is -0.354 e. The van der Waals surface area contributed by atoms with Gasteiger partial charge in [0.25, 0.3) is 0 Å². The van der Waals surface area contributed by atoms with Gasteiger partial charge >= 0.3 is 0 Å². The number of hydrogen-bond donors (Lipinski definition) is 1. The Balaban J connectivity index is 2.38. The zero-order valence-electron chi connectivity index (χ0n) is 18.5. The van der Waals surface area contributed by atoms with Gasteiger partial charge < -0.3 is 10.2 Å². The average Bonchev–Trinajstić information content (AvgIpc) is 2.76. The topological polar surface area (TPSA) is 86.8 Å². The van der Waals surface area contributed by atoms with E-state index in [0.29, 0.717) is 17.1 Å². The maximum atomic E-state index is 13.6. The Labute approximate surface area is 203 Å². The zero-order valence-corrected chi connectivity index (χ0v) is 20.8. The molecule has 0 aromatic heterocycles. The van der Waals surface area contributed by atoms with Crippen molar-refractivity contribution in [3.63, 3.8) is 0 Å². The van der Waals surface area contributed by atoms with Gasteiger partial charge in [0.05, 0.1) is 17.0 Å². The van der Waals surface area contributed by atoms with Crippen molar-refractivity contribution in [2.24, 2.45) is 0 Å². The van der Waals surface area contributed by atoms with E-state index < -0.39 is 34.3 Å². The van der Waals surface area contributed by atoms with E-state index in [2.05, 4.69) is 5.32 Å². The van der Waals surface area contributed by atoms with Crippen LogP contribution < -0.4 is 9.62 Å². The summed E-state index contributed by atoms with van der Waals surface area (Å²) in [4.78, 5) is 27.2. The predicted octanol–water partition coefficient (Wildman–Crippen LogP) is 3.84. The van der Waals surface area contributed by atoms with Crippen LogP contribution in [0.2, 0.25) is 10.0 Å². The van der Waals surface area contributed by atoms with E-state index in [1.54, 1.807) is 31.2 Å². The fourth-order valence-electron chi connectivity index (χ4n) is 3.02. The van der Waals surface area contributed by atoms with Crippen LogP contribution in [0, 0.1) is 5.82 Å². The van der Waals surface area contributed by atoms with Gasteiger partial charge in [-0.1, -0.05) is 42.3 Å². The molecule has 0 spiro atoms. The summed E-state index contributed by atoms with van der Waals surface area (Å²) < 4.78 is 39.3. The third-order valence-electron chi connectivity index (χ3n) is 4.85. The maximum Gasteiger partial charge on any atom is 0.244 e. The Kier molecular flexibility index (Phi) is 9.51. The molecule has 11 heteroatoms. The Bertz CT molecular complexity index is 1100. The van der Waals surface area contributed by atoms with E-state index in [0.717, 1.165) is 29.1 Å².